The molecule has 0 bridgehead atoms. The third-order valence-corrected chi connectivity index (χ3v) is 3.57. The van der Waals surface area contributed by atoms with Crippen molar-refractivity contribution in [2.45, 2.75) is 32.7 Å². The lowest BCUT2D eigenvalue weighted by Gasteiger charge is -2.19. The molecule has 0 atom stereocenters. The summed E-state index contributed by atoms with van der Waals surface area (Å²) >= 11 is 0. The van der Waals surface area contributed by atoms with Crippen molar-refractivity contribution < 1.29 is 5.11 Å². The van der Waals surface area contributed by atoms with Gasteiger partial charge >= 0.3 is 0 Å². The predicted molar refractivity (Wildman–Crippen MR) is 67.9 cm³/mol. The van der Waals surface area contributed by atoms with Crippen LogP contribution in [0.2, 0.25) is 0 Å². The summed E-state index contributed by atoms with van der Waals surface area (Å²) in [6.45, 7) is 3.38. The van der Waals surface area contributed by atoms with E-state index in [9.17, 15) is 5.11 Å². The number of imidazole rings is 1. The highest BCUT2D eigenvalue weighted by Crippen LogP contribution is 2.16. The van der Waals surface area contributed by atoms with Crippen molar-refractivity contribution in [2.24, 2.45) is 7.05 Å². The van der Waals surface area contributed by atoms with Crippen molar-refractivity contribution in [1.82, 2.24) is 29.4 Å². The molecule has 0 unspecified atom stereocenters. The Labute approximate surface area is 111 Å². The van der Waals surface area contributed by atoms with Crippen LogP contribution in [-0.4, -0.2) is 41.1 Å². The van der Waals surface area contributed by atoms with Gasteiger partial charge in [-0.05, 0) is 6.42 Å². The third-order valence-electron chi connectivity index (χ3n) is 3.57. The highest BCUT2D eigenvalue weighted by atomic mass is 16.3. The highest BCUT2D eigenvalue weighted by Gasteiger charge is 2.20. The molecule has 102 valence electrons. The Kier molecular flexibility index (Phi) is 3.31. The lowest BCUT2D eigenvalue weighted by Crippen LogP contribution is -2.25. The summed E-state index contributed by atoms with van der Waals surface area (Å²) in [7, 11) is 2.01. The van der Waals surface area contributed by atoms with Gasteiger partial charge in [-0.2, -0.15) is 0 Å². The molecule has 0 amide bonds. The molecule has 0 saturated carbocycles. The number of hydrogen-bond acceptors (Lipinski definition) is 5. The Hall–Kier alpha value is -1.73. The van der Waals surface area contributed by atoms with Crippen LogP contribution in [0.1, 0.15) is 23.6 Å². The fraction of sp³-hybridized carbons (Fsp3) is 0.583. The third kappa shape index (κ3) is 2.39. The van der Waals surface area contributed by atoms with Crippen LogP contribution in [0.3, 0.4) is 0 Å². The van der Waals surface area contributed by atoms with Gasteiger partial charge in [-0.25, -0.2) is 9.67 Å². The van der Waals surface area contributed by atoms with Crippen molar-refractivity contribution in [1.29, 1.82) is 0 Å². The Morgan fingerprint density at radius 2 is 2.26 bits per heavy atom. The van der Waals surface area contributed by atoms with Gasteiger partial charge in [-0.3, -0.25) is 4.90 Å². The predicted octanol–water partition coefficient (Wildman–Crippen LogP) is -0.0902. The maximum absolute atomic E-state index is 9.31. The molecule has 3 rings (SSSR count). The topological polar surface area (TPSA) is 72.0 Å². The number of aromatic nitrogens is 5. The van der Waals surface area contributed by atoms with Crippen molar-refractivity contribution in [3.63, 3.8) is 0 Å². The van der Waals surface area contributed by atoms with E-state index >= 15 is 0 Å². The Balaban J connectivity index is 1.79. The molecule has 0 fully saturated rings. The van der Waals surface area contributed by atoms with E-state index in [1.54, 1.807) is 0 Å². The Bertz CT molecular complexity index is 560. The smallest absolute Gasteiger partial charge is 0.122 e. The molecule has 0 aliphatic carbocycles. The fourth-order valence-corrected chi connectivity index (χ4v) is 2.46. The minimum absolute atomic E-state index is 0.0500. The van der Waals surface area contributed by atoms with Crippen molar-refractivity contribution >= 4 is 0 Å². The molecule has 7 nitrogen and oxygen atoms in total. The van der Waals surface area contributed by atoms with E-state index in [0.29, 0.717) is 5.69 Å². The van der Waals surface area contributed by atoms with Gasteiger partial charge in [0.25, 0.3) is 0 Å². The molecule has 3 heterocycles. The molecule has 0 saturated heterocycles. The number of aliphatic hydroxyl groups is 1. The summed E-state index contributed by atoms with van der Waals surface area (Å²) < 4.78 is 3.94. The first kappa shape index (κ1) is 12.3. The average Bonchev–Trinajstić information content (AvgIpc) is 2.91. The van der Waals surface area contributed by atoms with Gasteiger partial charge in [0.05, 0.1) is 18.8 Å². The van der Waals surface area contributed by atoms with Gasteiger partial charge in [-0.1, -0.05) is 5.21 Å². The quantitative estimate of drug-likeness (QED) is 0.837. The van der Waals surface area contributed by atoms with Crippen molar-refractivity contribution in [3.8, 4) is 0 Å². The lowest BCUT2D eigenvalue weighted by atomic mass is 10.3. The van der Waals surface area contributed by atoms with Gasteiger partial charge < -0.3 is 9.67 Å². The molecule has 1 N–H and O–H groups in total. The van der Waals surface area contributed by atoms with Crippen molar-refractivity contribution in [2.75, 3.05) is 6.54 Å². The fourth-order valence-electron chi connectivity index (χ4n) is 2.46. The number of nitrogens with zero attached hydrogens (tertiary/aromatic N) is 6. The zero-order valence-electron chi connectivity index (χ0n) is 11.0. The van der Waals surface area contributed by atoms with Crippen LogP contribution in [0.15, 0.2) is 12.4 Å². The number of rotatable bonds is 3. The molecular formula is C12H18N6O. The van der Waals surface area contributed by atoms with E-state index in [2.05, 4.69) is 20.2 Å². The maximum Gasteiger partial charge on any atom is 0.122 e. The normalized spacial score (nSPS) is 16.3. The van der Waals surface area contributed by atoms with Gasteiger partial charge in [-0.15, -0.1) is 5.10 Å². The van der Waals surface area contributed by atoms with Gasteiger partial charge in [0.2, 0.25) is 0 Å². The standard InChI is InChI=1S/C12H18N6O/c1-16-6-3-13-12(16)8-17-4-2-5-18-11(7-17)10(9-19)14-15-18/h3,6,19H,2,4-5,7-9H2,1H3. The summed E-state index contributed by atoms with van der Waals surface area (Å²) in [6, 6.07) is 0. The molecule has 0 aromatic carbocycles. The summed E-state index contributed by atoms with van der Waals surface area (Å²) in [5.74, 6) is 1.05. The summed E-state index contributed by atoms with van der Waals surface area (Å²) in [5.41, 5.74) is 1.71. The summed E-state index contributed by atoms with van der Waals surface area (Å²) in [5, 5.41) is 17.4. The van der Waals surface area contributed by atoms with Crippen LogP contribution >= 0.6 is 0 Å². The molecule has 2 aromatic rings. The monoisotopic (exact) mass is 262 g/mol. The molecule has 2 aromatic heterocycles. The second-order valence-corrected chi connectivity index (χ2v) is 4.88. The SMILES string of the molecule is Cn1ccnc1CN1CCCn2nnc(CO)c2C1. The summed E-state index contributed by atoms with van der Waals surface area (Å²) in [6.07, 6.45) is 4.81. The van der Waals surface area contributed by atoms with Crippen LogP contribution in [0, 0.1) is 0 Å². The first-order valence-corrected chi connectivity index (χ1v) is 6.48. The van der Waals surface area contributed by atoms with Crippen LogP contribution in [0.25, 0.3) is 0 Å². The van der Waals surface area contributed by atoms with E-state index in [1.807, 2.05) is 28.7 Å². The second-order valence-electron chi connectivity index (χ2n) is 4.88. The molecule has 7 heteroatoms. The molecule has 1 aliphatic rings. The van der Waals surface area contributed by atoms with Gasteiger partial charge in [0.1, 0.15) is 11.5 Å². The summed E-state index contributed by atoms with van der Waals surface area (Å²) in [4.78, 5) is 6.68. The number of aryl methyl sites for hydroxylation is 2. The van der Waals surface area contributed by atoms with Crippen molar-refractivity contribution in [3.05, 3.63) is 29.6 Å². The number of aliphatic hydroxyl groups excluding tert-OH is 1. The highest BCUT2D eigenvalue weighted by molar-refractivity contribution is 5.10. The first-order chi connectivity index (χ1) is 9.28. The average molecular weight is 262 g/mol. The molecule has 1 aliphatic heterocycles. The van der Waals surface area contributed by atoms with Crippen LogP contribution in [-0.2, 0) is 33.3 Å². The zero-order chi connectivity index (χ0) is 13.2. The Morgan fingerprint density at radius 3 is 3.00 bits per heavy atom. The van der Waals surface area contributed by atoms with E-state index in [4.69, 9.17) is 0 Å². The number of fused-ring (bicyclic) bond motifs is 1. The van der Waals surface area contributed by atoms with E-state index in [0.717, 1.165) is 44.1 Å². The van der Waals surface area contributed by atoms with Gasteiger partial charge in [0.15, 0.2) is 0 Å². The molecular weight excluding hydrogens is 244 g/mol. The van der Waals surface area contributed by atoms with Crippen LogP contribution < -0.4 is 0 Å². The van der Waals surface area contributed by atoms with Crippen LogP contribution in [0.5, 0.6) is 0 Å². The minimum atomic E-state index is -0.0500. The second kappa shape index (κ2) is 5.10. The maximum atomic E-state index is 9.31. The molecule has 0 radical (unpaired) electrons. The van der Waals surface area contributed by atoms with E-state index in [1.165, 1.54) is 0 Å². The molecule has 0 spiro atoms. The number of hydrogen-bond donors (Lipinski definition) is 1. The largest absolute Gasteiger partial charge is 0.390 e. The van der Waals surface area contributed by atoms with E-state index in [-0.39, 0.29) is 6.61 Å². The van der Waals surface area contributed by atoms with Gasteiger partial charge in [0, 0.05) is 39.1 Å². The minimum Gasteiger partial charge on any atom is -0.390 e. The van der Waals surface area contributed by atoms with E-state index < -0.39 is 0 Å². The van der Waals surface area contributed by atoms with Crippen LogP contribution in [0.4, 0.5) is 0 Å². The Morgan fingerprint density at radius 1 is 1.37 bits per heavy atom. The first-order valence-electron chi connectivity index (χ1n) is 6.48. The molecule has 19 heavy (non-hydrogen) atoms. The lowest BCUT2D eigenvalue weighted by molar-refractivity contribution is 0.243. The zero-order valence-corrected chi connectivity index (χ0v) is 11.0.